The van der Waals surface area contributed by atoms with E-state index in [1.54, 1.807) is 0 Å². The summed E-state index contributed by atoms with van der Waals surface area (Å²) in [6.45, 7) is 7.61. The molecule has 24 heavy (non-hydrogen) atoms. The second-order valence-electron chi connectivity index (χ2n) is 6.56. The van der Waals surface area contributed by atoms with Crippen molar-refractivity contribution in [3.8, 4) is 0 Å². The molecule has 1 saturated carbocycles. The Bertz CT molecular complexity index is 512. The number of likely N-dealkylation sites (N-methyl/N-ethyl adjacent to an activating group) is 1. The van der Waals surface area contributed by atoms with Gasteiger partial charge in [-0.3, -0.25) is 4.99 Å². The molecule has 1 fully saturated rings. The maximum absolute atomic E-state index is 10.3. The highest BCUT2D eigenvalue weighted by Gasteiger charge is 2.21. The minimum atomic E-state index is -0.584. The summed E-state index contributed by atoms with van der Waals surface area (Å²) in [5.74, 6) is 1.60. The highest BCUT2D eigenvalue weighted by atomic mass is 16.5. The van der Waals surface area contributed by atoms with Gasteiger partial charge in [-0.05, 0) is 38.2 Å². The van der Waals surface area contributed by atoms with Crippen molar-refractivity contribution < 1.29 is 9.84 Å². The molecule has 5 heteroatoms. The van der Waals surface area contributed by atoms with Gasteiger partial charge < -0.3 is 20.1 Å². The summed E-state index contributed by atoms with van der Waals surface area (Å²) in [5.41, 5.74) is 2.09. The lowest BCUT2D eigenvalue weighted by molar-refractivity contribution is 0.115. The highest BCUT2D eigenvalue weighted by Crippen LogP contribution is 2.28. The van der Waals surface area contributed by atoms with Crippen LogP contribution in [0.15, 0.2) is 29.3 Å². The Morgan fingerprint density at radius 3 is 2.71 bits per heavy atom. The first-order valence-corrected chi connectivity index (χ1v) is 8.92. The van der Waals surface area contributed by atoms with E-state index in [-0.39, 0.29) is 0 Å². The van der Waals surface area contributed by atoms with Crippen LogP contribution in [0.25, 0.3) is 0 Å². The summed E-state index contributed by atoms with van der Waals surface area (Å²) in [4.78, 5) is 6.62. The molecule has 1 aliphatic rings. The van der Waals surface area contributed by atoms with Crippen LogP contribution in [0.1, 0.15) is 37.0 Å². The molecule has 1 atom stereocenters. The number of guanidine groups is 1. The van der Waals surface area contributed by atoms with Crippen LogP contribution in [0.3, 0.4) is 0 Å². The fraction of sp³-hybridized carbons (Fsp3) is 0.632. The largest absolute Gasteiger partial charge is 0.386 e. The van der Waals surface area contributed by atoms with E-state index < -0.39 is 6.10 Å². The first-order valence-electron chi connectivity index (χ1n) is 8.92. The molecule has 0 spiro atoms. The van der Waals surface area contributed by atoms with Gasteiger partial charge in [0.1, 0.15) is 0 Å². The van der Waals surface area contributed by atoms with Crippen molar-refractivity contribution in [3.05, 3.63) is 35.4 Å². The number of hydrogen-bond acceptors (Lipinski definition) is 3. The predicted octanol–water partition coefficient (Wildman–Crippen LogP) is 2.35. The van der Waals surface area contributed by atoms with E-state index in [4.69, 9.17) is 4.74 Å². The summed E-state index contributed by atoms with van der Waals surface area (Å²) in [6.07, 6.45) is 2.05. The summed E-state index contributed by atoms with van der Waals surface area (Å²) in [6, 6.07) is 7.93. The minimum Gasteiger partial charge on any atom is -0.386 e. The maximum Gasteiger partial charge on any atom is 0.193 e. The molecule has 0 aliphatic heterocycles. The van der Waals surface area contributed by atoms with E-state index in [9.17, 15) is 5.11 Å². The van der Waals surface area contributed by atoms with Crippen molar-refractivity contribution in [2.45, 2.75) is 32.8 Å². The van der Waals surface area contributed by atoms with Crippen LogP contribution in [-0.2, 0) is 4.74 Å². The third kappa shape index (κ3) is 6.49. The lowest BCUT2D eigenvalue weighted by atomic mass is 10.1. The molecule has 1 aromatic rings. The lowest BCUT2D eigenvalue weighted by Crippen LogP contribution is -2.40. The van der Waals surface area contributed by atoms with Gasteiger partial charge in [-0.1, -0.05) is 29.8 Å². The molecule has 0 aromatic heterocycles. The van der Waals surface area contributed by atoms with Crippen LogP contribution in [0.2, 0.25) is 0 Å². The van der Waals surface area contributed by atoms with Gasteiger partial charge in [0.05, 0.1) is 19.3 Å². The second kappa shape index (κ2) is 9.64. The number of aryl methyl sites for hydroxylation is 1. The summed E-state index contributed by atoms with van der Waals surface area (Å²) >= 11 is 0. The third-order valence-corrected chi connectivity index (χ3v) is 4.19. The number of nitrogens with zero attached hydrogens (tertiary/aromatic N) is 2. The summed E-state index contributed by atoms with van der Waals surface area (Å²) < 4.78 is 5.69. The average molecular weight is 333 g/mol. The van der Waals surface area contributed by atoms with Gasteiger partial charge >= 0.3 is 0 Å². The van der Waals surface area contributed by atoms with Crippen LogP contribution in [0.5, 0.6) is 0 Å². The molecule has 0 radical (unpaired) electrons. The maximum atomic E-state index is 10.3. The van der Waals surface area contributed by atoms with Crippen LogP contribution in [0, 0.1) is 12.8 Å². The molecule has 1 unspecified atom stereocenters. The number of rotatable bonds is 9. The van der Waals surface area contributed by atoms with Gasteiger partial charge in [-0.2, -0.15) is 0 Å². The smallest absolute Gasteiger partial charge is 0.193 e. The predicted molar refractivity (Wildman–Crippen MR) is 98.3 cm³/mol. The zero-order chi connectivity index (χ0) is 17.4. The normalized spacial score (nSPS) is 16.1. The Kier molecular flexibility index (Phi) is 7.53. The van der Waals surface area contributed by atoms with Crippen molar-refractivity contribution in [1.82, 2.24) is 10.2 Å². The highest BCUT2D eigenvalue weighted by molar-refractivity contribution is 5.79. The molecule has 1 aliphatic carbocycles. The lowest BCUT2D eigenvalue weighted by Gasteiger charge is -2.22. The van der Waals surface area contributed by atoms with Gasteiger partial charge in [0.2, 0.25) is 0 Å². The van der Waals surface area contributed by atoms with Crippen molar-refractivity contribution in [3.63, 3.8) is 0 Å². The monoisotopic (exact) mass is 333 g/mol. The number of benzene rings is 1. The Morgan fingerprint density at radius 1 is 1.38 bits per heavy atom. The van der Waals surface area contributed by atoms with Crippen molar-refractivity contribution in [2.75, 3.05) is 39.9 Å². The van der Waals surface area contributed by atoms with E-state index in [1.165, 1.54) is 18.4 Å². The van der Waals surface area contributed by atoms with Gasteiger partial charge in [0.25, 0.3) is 0 Å². The molecule has 0 bridgehead atoms. The molecular weight excluding hydrogens is 302 g/mol. The van der Waals surface area contributed by atoms with Gasteiger partial charge in [0, 0.05) is 26.7 Å². The summed E-state index contributed by atoms with van der Waals surface area (Å²) in [7, 11) is 2.00. The number of aliphatic imine (C=N–C) groups is 1. The standard InChI is InChI=1S/C19H31N3O2/c1-4-20-19(22(3)11-12-24-14-16-7-8-16)21-13-18(23)17-9-5-15(2)6-10-17/h5-6,9-10,16,18,23H,4,7-8,11-14H2,1-3H3,(H,20,21). The van der Waals surface area contributed by atoms with Crippen LogP contribution < -0.4 is 5.32 Å². The van der Waals surface area contributed by atoms with Crippen LogP contribution >= 0.6 is 0 Å². The topological polar surface area (TPSA) is 57.1 Å². The molecule has 0 heterocycles. The van der Waals surface area contributed by atoms with Crippen molar-refractivity contribution in [1.29, 1.82) is 0 Å². The zero-order valence-corrected chi connectivity index (χ0v) is 15.2. The molecule has 1 aromatic carbocycles. The van der Waals surface area contributed by atoms with Crippen molar-refractivity contribution >= 4 is 5.96 Å². The van der Waals surface area contributed by atoms with Gasteiger partial charge in [-0.25, -0.2) is 0 Å². The molecule has 5 nitrogen and oxygen atoms in total. The van der Waals surface area contributed by atoms with Crippen LogP contribution in [-0.4, -0.2) is 55.9 Å². The van der Waals surface area contributed by atoms with Crippen molar-refractivity contribution in [2.24, 2.45) is 10.9 Å². The van der Waals surface area contributed by atoms with E-state index in [2.05, 4.69) is 15.2 Å². The van der Waals surface area contributed by atoms with Crippen LogP contribution in [0.4, 0.5) is 0 Å². The average Bonchev–Trinajstić information content (AvgIpc) is 3.40. The number of hydrogen-bond donors (Lipinski definition) is 2. The number of aliphatic hydroxyl groups excluding tert-OH is 1. The molecule has 2 N–H and O–H groups in total. The van der Waals surface area contributed by atoms with E-state index in [1.807, 2.05) is 45.2 Å². The molecule has 134 valence electrons. The molecule has 0 saturated heterocycles. The van der Waals surface area contributed by atoms with E-state index in [0.29, 0.717) is 13.2 Å². The SMILES string of the molecule is CCNC(=NCC(O)c1ccc(C)cc1)N(C)CCOCC1CC1. The fourth-order valence-corrected chi connectivity index (χ4v) is 2.38. The quantitative estimate of drug-likeness (QED) is 0.414. The molecule has 2 rings (SSSR count). The number of nitrogens with one attached hydrogen (secondary N) is 1. The Morgan fingerprint density at radius 2 is 2.08 bits per heavy atom. The van der Waals surface area contributed by atoms with E-state index in [0.717, 1.165) is 37.1 Å². The Hall–Kier alpha value is -1.59. The third-order valence-electron chi connectivity index (χ3n) is 4.19. The fourth-order valence-electron chi connectivity index (χ4n) is 2.38. The van der Waals surface area contributed by atoms with Gasteiger partial charge in [0.15, 0.2) is 5.96 Å². The zero-order valence-electron chi connectivity index (χ0n) is 15.2. The van der Waals surface area contributed by atoms with E-state index >= 15 is 0 Å². The van der Waals surface area contributed by atoms with Gasteiger partial charge in [-0.15, -0.1) is 0 Å². The minimum absolute atomic E-state index is 0.346. The second-order valence-corrected chi connectivity index (χ2v) is 6.56. The summed E-state index contributed by atoms with van der Waals surface area (Å²) in [5, 5.41) is 13.6. The Balaban J connectivity index is 1.82. The number of aliphatic hydroxyl groups is 1. The molecule has 0 amide bonds. The Labute approximate surface area is 145 Å². The first-order chi connectivity index (χ1) is 11.6. The first kappa shape index (κ1) is 18.7. The number of ether oxygens (including phenoxy) is 1. The molecular formula is C19H31N3O2.